The van der Waals surface area contributed by atoms with Crippen molar-refractivity contribution in [1.29, 1.82) is 0 Å². The highest BCUT2D eigenvalue weighted by molar-refractivity contribution is 6.33. The minimum atomic E-state index is -4.53. The van der Waals surface area contributed by atoms with Crippen LogP contribution in [-0.2, 0) is 16.5 Å². The Morgan fingerprint density at radius 1 is 1.28 bits per heavy atom. The summed E-state index contributed by atoms with van der Waals surface area (Å²) in [6.07, 6.45) is 0.210. The van der Waals surface area contributed by atoms with Crippen LogP contribution in [-0.4, -0.2) is 39.6 Å². The van der Waals surface area contributed by atoms with Gasteiger partial charge in [0.15, 0.2) is 0 Å². The lowest BCUT2D eigenvalue weighted by Gasteiger charge is -2.40. The van der Waals surface area contributed by atoms with E-state index in [0.717, 1.165) is 24.6 Å². The molecule has 0 unspecified atom stereocenters. The van der Waals surface area contributed by atoms with E-state index in [1.54, 1.807) is 18.0 Å². The summed E-state index contributed by atoms with van der Waals surface area (Å²) in [5.41, 5.74) is -1.45. The van der Waals surface area contributed by atoms with Crippen LogP contribution in [0.2, 0.25) is 5.02 Å². The van der Waals surface area contributed by atoms with E-state index in [1.165, 1.54) is 10.9 Å². The molecule has 0 radical (unpaired) electrons. The smallest absolute Gasteiger partial charge is 0.336 e. The summed E-state index contributed by atoms with van der Waals surface area (Å²) in [4.78, 5) is 27.4. The third kappa shape index (κ3) is 3.95. The zero-order chi connectivity index (χ0) is 23.1. The zero-order valence-corrected chi connectivity index (χ0v) is 17.9. The van der Waals surface area contributed by atoms with E-state index in [-0.39, 0.29) is 22.5 Å². The number of anilines is 1. The van der Waals surface area contributed by atoms with Crippen molar-refractivity contribution >= 4 is 29.1 Å². The maximum atomic E-state index is 13.1. The molecule has 2 aromatic rings. The van der Waals surface area contributed by atoms with Gasteiger partial charge in [-0.2, -0.15) is 18.3 Å². The number of rotatable bonds is 4. The van der Waals surface area contributed by atoms with Crippen molar-refractivity contribution in [1.82, 2.24) is 14.7 Å². The van der Waals surface area contributed by atoms with Gasteiger partial charge in [-0.25, -0.2) is 0 Å². The fourth-order valence-electron chi connectivity index (χ4n) is 3.89. The van der Waals surface area contributed by atoms with Crippen molar-refractivity contribution in [3.63, 3.8) is 0 Å². The van der Waals surface area contributed by atoms with Crippen LogP contribution in [0, 0.1) is 17.8 Å². The standard InChI is InChI=1S/C22H20ClF3N4O2/c1-2-4-14-11-29(12-14)19(31)15-10-27-30(13-15)21(7-3-8-21)20(32)28-18-6-5-16(9-17(18)23)22(24,25)26/h5-6,9-10,13-14H,3,7-8,11-12H2,1H3,(H,28,32). The Morgan fingerprint density at radius 3 is 2.56 bits per heavy atom. The number of nitrogens with one attached hydrogen (secondary N) is 1. The maximum Gasteiger partial charge on any atom is 0.416 e. The van der Waals surface area contributed by atoms with Gasteiger partial charge in [-0.1, -0.05) is 17.5 Å². The zero-order valence-electron chi connectivity index (χ0n) is 17.2. The fourth-order valence-corrected chi connectivity index (χ4v) is 4.12. The van der Waals surface area contributed by atoms with E-state index in [0.29, 0.717) is 31.5 Å². The normalized spacial score (nSPS) is 17.6. The number of halogens is 4. The van der Waals surface area contributed by atoms with Crippen molar-refractivity contribution < 1.29 is 22.8 Å². The second-order valence-electron chi connectivity index (χ2n) is 8.01. The highest BCUT2D eigenvalue weighted by Gasteiger charge is 2.47. The van der Waals surface area contributed by atoms with Crippen LogP contribution in [0.5, 0.6) is 0 Å². The Hall–Kier alpha value is -2.99. The van der Waals surface area contributed by atoms with Gasteiger partial charge in [0.25, 0.3) is 11.8 Å². The molecule has 1 aromatic heterocycles. The molecule has 168 valence electrons. The van der Waals surface area contributed by atoms with Crippen LogP contribution in [0.3, 0.4) is 0 Å². The molecular formula is C22H20ClF3N4O2. The van der Waals surface area contributed by atoms with Gasteiger partial charge in [0, 0.05) is 19.3 Å². The van der Waals surface area contributed by atoms with Crippen LogP contribution in [0.25, 0.3) is 0 Å². The lowest BCUT2D eigenvalue weighted by molar-refractivity contribution is -0.137. The first-order valence-corrected chi connectivity index (χ1v) is 10.5. The molecule has 2 fully saturated rings. The van der Waals surface area contributed by atoms with E-state index in [2.05, 4.69) is 22.3 Å². The molecule has 1 saturated heterocycles. The van der Waals surface area contributed by atoms with E-state index >= 15 is 0 Å². The van der Waals surface area contributed by atoms with Gasteiger partial charge in [0.1, 0.15) is 5.54 Å². The van der Waals surface area contributed by atoms with Gasteiger partial charge in [-0.15, -0.1) is 5.92 Å². The van der Waals surface area contributed by atoms with Crippen molar-refractivity contribution in [2.45, 2.75) is 37.9 Å². The Labute approximate surface area is 187 Å². The van der Waals surface area contributed by atoms with Crippen molar-refractivity contribution in [3.8, 4) is 11.8 Å². The van der Waals surface area contributed by atoms with Gasteiger partial charge in [-0.05, 0) is 44.4 Å². The monoisotopic (exact) mass is 464 g/mol. The predicted octanol–water partition coefficient (Wildman–Crippen LogP) is 4.17. The number of nitrogens with zero attached hydrogens (tertiary/aromatic N) is 3. The molecule has 1 saturated carbocycles. The van der Waals surface area contributed by atoms with E-state index in [4.69, 9.17) is 11.6 Å². The van der Waals surface area contributed by atoms with E-state index in [1.807, 2.05) is 0 Å². The summed E-state index contributed by atoms with van der Waals surface area (Å²) in [5, 5.41) is 6.67. The van der Waals surface area contributed by atoms with Crippen LogP contribution in [0.1, 0.15) is 42.1 Å². The predicted molar refractivity (Wildman–Crippen MR) is 112 cm³/mol. The molecule has 6 nitrogen and oxygen atoms in total. The first-order chi connectivity index (χ1) is 15.1. The second-order valence-corrected chi connectivity index (χ2v) is 8.41. The first kappa shape index (κ1) is 22.2. The Morgan fingerprint density at radius 2 is 2.00 bits per heavy atom. The van der Waals surface area contributed by atoms with Crippen LogP contribution < -0.4 is 5.32 Å². The fraction of sp³-hybridized carbons (Fsp3) is 0.409. The summed E-state index contributed by atoms with van der Waals surface area (Å²) in [7, 11) is 0. The number of likely N-dealkylation sites (tertiary alicyclic amines) is 1. The molecule has 0 bridgehead atoms. The molecule has 2 aliphatic rings. The summed E-state index contributed by atoms with van der Waals surface area (Å²) in [5.74, 6) is 5.44. The molecule has 0 atom stereocenters. The Kier molecular flexibility index (Phi) is 5.67. The van der Waals surface area contributed by atoms with E-state index < -0.39 is 23.2 Å². The lowest BCUT2D eigenvalue weighted by atomic mass is 9.76. The molecule has 1 N–H and O–H groups in total. The summed E-state index contributed by atoms with van der Waals surface area (Å²) < 4.78 is 40.0. The molecular weight excluding hydrogens is 445 g/mol. The largest absolute Gasteiger partial charge is 0.416 e. The van der Waals surface area contributed by atoms with Gasteiger partial charge in [0.05, 0.1) is 34.0 Å². The number of hydrogen-bond donors (Lipinski definition) is 1. The van der Waals surface area contributed by atoms with Crippen LogP contribution in [0.15, 0.2) is 30.6 Å². The number of hydrogen-bond acceptors (Lipinski definition) is 3. The number of amides is 2. The number of carbonyl (C=O) groups is 2. The SMILES string of the molecule is CC#CC1CN(C(=O)c2cnn(C3(C(=O)Nc4ccc(C(F)(F)F)cc4Cl)CCC3)c2)C1. The third-order valence-electron chi connectivity index (χ3n) is 5.93. The summed E-state index contributed by atoms with van der Waals surface area (Å²) in [6.45, 7) is 2.88. The van der Waals surface area contributed by atoms with Gasteiger partial charge in [0.2, 0.25) is 0 Å². The molecule has 2 amide bonds. The second kappa shape index (κ2) is 8.17. The average Bonchev–Trinajstić information content (AvgIpc) is 3.14. The average molecular weight is 465 g/mol. The summed E-state index contributed by atoms with van der Waals surface area (Å²) in [6, 6.07) is 2.77. The van der Waals surface area contributed by atoms with Crippen molar-refractivity contribution in [2.24, 2.45) is 5.92 Å². The quantitative estimate of drug-likeness (QED) is 0.691. The van der Waals surface area contributed by atoms with Crippen molar-refractivity contribution in [3.05, 3.63) is 46.7 Å². The van der Waals surface area contributed by atoms with Gasteiger partial charge < -0.3 is 10.2 Å². The number of aromatic nitrogens is 2. The van der Waals surface area contributed by atoms with Gasteiger partial charge in [-0.3, -0.25) is 14.3 Å². The Balaban J connectivity index is 1.49. The molecule has 1 aliphatic carbocycles. The minimum Gasteiger partial charge on any atom is -0.336 e. The molecule has 4 rings (SSSR count). The molecule has 32 heavy (non-hydrogen) atoms. The minimum absolute atomic E-state index is 0.0862. The Bertz CT molecular complexity index is 1120. The molecule has 1 aliphatic heterocycles. The number of carbonyl (C=O) groups excluding carboxylic acids is 2. The molecule has 0 spiro atoms. The van der Waals surface area contributed by atoms with Crippen LogP contribution >= 0.6 is 11.6 Å². The number of benzene rings is 1. The third-order valence-corrected chi connectivity index (χ3v) is 6.25. The molecule has 10 heteroatoms. The summed E-state index contributed by atoms with van der Waals surface area (Å²) >= 11 is 5.98. The topological polar surface area (TPSA) is 67.2 Å². The molecule has 2 heterocycles. The van der Waals surface area contributed by atoms with E-state index in [9.17, 15) is 22.8 Å². The van der Waals surface area contributed by atoms with Crippen LogP contribution in [0.4, 0.5) is 18.9 Å². The van der Waals surface area contributed by atoms with Crippen molar-refractivity contribution in [2.75, 3.05) is 18.4 Å². The van der Waals surface area contributed by atoms with Gasteiger partial charge >= 0.3 is 6.18 Å². The highest BCUT2D eigenvalue weighted by atomic mass is 35.5. The first-order valence-electron chi connectivity index (χ1n) is 10.1. The number of alkyl halides is 3. The molecule has 1 aromatic carbocycles. The lowest BCUT2D eigenvalue weighted by Crippen LogP contribution is -2.51. The highest BCUT2D eigenvalue weighted by Crippen LogP contribution is 2.41. The maximum absolute atomic E-state index is 13.1.